The van der Waals surface area contributed by atoms with Gasteiger partial charge in [-0.15, -0.1) is 0 Å². The molecule has 102 valence electrons. The maximum absolute atomic E-state index is 11.7. The highest BCUT2D eigenvalue weighted by Crippen LogP contribution is 2.12. The molecule has 0 aliphatic carbocycles. The Balaban J connectivity index is 2.45. The topological polar surface area (TPSA) is 102 Å². The minimum absolute atomic E-state index is 0.100. The minimum Gasteiger partial charge on any atom is -0.467 e. The lowest BCUT2D eigenvalue weighted by Gasteiger charge is -2.15. The summed E-state index contributed by atoms with van der Waals surface area (Å²) in [5.74, 6) is 0.137. The average molecular weight is 274 g/mol. The second-order valence-corrected chi connectivity index (χ2v) is 6.53. The summed E-state index contributed by atoms with van der Waals surface area (Å²) in [5, 5.41) is 2.67. The zero-order chi connectivity index (χ0) is 13.8. The molecule has 2 atom stereocenters. The number of amides is 1. The molecular formula is C11H18N2O4S. The molecule has 0 aliphatic heterocycles. The van der Waals surface area contributed by atoms with Crippen LogP contribution in [0, 0.1) is 0 Å². The lowest BCUT2D eigenvalue weighted by molar-refractivity contribution is -0.123. The maximum Gasteiger partial charge on any atom is 0.237 e. The number of nitrogens with two attached hydrogens (primary N) is 1. The smallest absolute Gasteiger partial charge is 0.237 e. The molecule has 0 aliphatic rings. The van der Waals surface area contributed by atoms with E-state index in [2.05, 4.69) is 5.32 Å². The Morgan fingerprint density at radius 1 is 1.56 bits per heavy atom. The van der Waals surface area contributed by atoms with Crippen LogP contribution >= 0.6 is 0 Å². The van der Waals surface area contributed by atoms with E-state index in [1.54, 1.807) is 19.1 Å². The van der Waals surface area contributed by atoms with Crippen LogP contribution in [0.25, 0.3) is 0 Å². The largest absolute Gasteiger partial charge is 0.467 e. The Bertz CT molecular complexity index is 481. The van der Waals surface area contributed by atoms with Gasteiger partial charge in [0.15, 0.2) is 0 Å². The molecule has 0 radical (unpaired) electrons. The van der Waals surface area contributed by atoms with Gasteiger partial charge >= 0.3 is 0 Å². The number of hydrogen-bond acceptors (Lipinski definition) is 5. The monoisotopic (exact) mass is 274 g/mol. The van der Waals surface area contributed by atoms with Crippen molar-refractivity contribution in [3.05, 3.63) is 24.2 Å². The molecule has 0 bridgehead atoms. The first-order valence-electron chi connectivity index (χ1n) is 5.56. The van der Waals surface area contributed by atoms with Gasteiger partial charge in [-0.1, -0.05) is 0 Å². The normalized spacial score (nSPS) is 15.1. The Labute approximate surface area is 106 Å². The fourth-order valence-corrected chi connectivity index (χ4v) is 2.08. The molecule has 1 aromatic heterocycles. The van der Waals surface area contributed by atoms with Gasteiger partial charge in [0, 0.05) is 6.26 Å². The van der Waals surface area contributed by atoms with Gasteiger partial charge in [0.1, 0.15) is 15.6 Å². The molecule has 1 rings (SSSR count). The summed E-state index contributed by atoms with van der Waals surface area (Å²) in [4.78, 5) is 11.7. The van der Waals surface area contributed by atoms with E-state index in [9.17, 15) is 13.2 Å². The van der Waals surface area contributed by atoms with Crippen LogP contribution in [0.5, 0.6) is 0 Å². The number of furan rings is 1. The van der Waals surface area contributed by atoms with Gasteiger partial charge < -0.3 is 15.5 Å². The van der Waals surface area contributed by atoms with Crippen LogP contribution in [0.15, 0.2) is 22.8 Å². The molecule has 1 heterocycles. The van der Waals surface area contributed by atoms with Crippen molar-refractivity contribution in [1.29, 1.82) is 0 Å². The number of sulfone groups is 1. The molecule has 6 nitrogen and oxygen atoms in total. The summed E-state index contributed by atoms with van der Waals surface area (Å²) in [7, 11) is -3.10. The van der Waals surface area contributed by atoms with Crippen molar-refractivity contribution in [1.82, 2.24) is 5.32 Å². The van der Waals surface area contributed by atoms with Gasteiger partial charge in [-0.3, -0.25) is 4.79 Å². The van der Waals surface area contributed by atoms with Crippen molar-refractivity contribution in [2.45, 2.75) is 25.4 Å². The van der Waals surface area contributed by atoms with Gasteiger partial charge in [-0.2, -0.15) is 0 Å². The Kier molecular flexibility index (Phi) is 4.92. The van der Waals surface area contributed by atoms with Crippen molar-refractivity contribution in [3.8, 4) is 0 Å². The minimum atomic E-state index is -3.10. The summed E-state index contributed by atoms with van der Waals surface area (Å²) in [5.41, 5.74) is 5.62. The van der Waals surface area contributed by atoms with E-state index in [-0.39, 0.29) is 24.1 Å². The van der Waals surface area contributed by atoms with E-state index in [0.717, 1.165) is 6.26 Å². The van der Waals surface area contributed by atoms with Gasteiger partial charge in [-0.25, -0.2) is 8.42 Å². The summed E-state index contributed by atoms with van der Waals surface area (Å²) in [6.07, 6.45) is 2.74. The second-order valence-electron chi connectivity index (χ2n) is 4.27. The van der Waals surface area contributed by atoms with Crippen molar-refractivity contribution >= 4 is 15.7 Å². The third kappa shape index (κ3) is 4.89. The predicted octanol–water partition coefficient (Wildman–Crippen LogP) is 0.219. The van der Waals surface area contributed by atoms with Crippen LogP contribution in [-0.4, -0.2) is 32.4 Å². The van der Waals surface area contributed by atoms with Crippen LogP contribution in [0.1, 0.15) is 25.1 Å². The highest BCUT2D eigenvalue weighted by Gasteiger charge is 2.19. The number of hydrogen-bond donors (Lipinski definition) is 2. The average Bonchev–Trinajstić information content (AvgIpc) is 2.77. The molecule has 0 saturated carbocycles. The quantitative estimate of drug-likeness (QED) is 0.772. The van der Waals surface area contributed by atoms with Gasteiger partial charge in [0.05, 0.1) is 24.1 Å². The lowest BCUT2D eigenvalue weighted by Crippen LogP contribution is -2.42. The van der Waals surface area contributed by atoms with E-state index in [4.69, 9.17) is 10.2 Å². The number of carbonyl (C=O) groups is 1. The van der Waals surface area contributed by atoms with E-state index in [1.165, 1.54) is 6.26 Å². The van der Waals surface area contributed by atoms with Crippen molar-refractivity contribution in [3.63, 3.8) is 0 Å². The van der Waals surface area contributed by atoms with Crippen LogP contribution in [0.4, 0.5) is 0 Å². The molecule has 1 aromatic rings. The molecular weight excluding hydrogens is 256 g/mol. The highest BCUT2D eigenvalue weighted by atomic mass is 32.2. The van der Waals surface area contributed by atoms with E-state index in [0.29, 0.717) is 5.76 Å². The third-order valence-corrected chi connectivity index (χ3v) is 3.44. The Morgan fingerprint density at radius 3 is 2.72 bits per heavy atom. The van der Waals surface area contributed by atoms with E-state index >= 15 is 0 Å². The highest BCUT2D eigenvalue weighted by molar-refractivity contribution is 7.90. The number of rotatable bonds is 6. The maximum atomic E-state index is 11.7. The third-order valence-electron chi connectivity index (χ3n) is 2.47. The molecule has 3 N–H and O–H groups in total. The van der Waals surface area contributed by atoms with Crippen molar-refractivity contribution < 1.29 is 17.6 Å². The van der Waals surface area contributed by atoms with E-state index < -0.39 is 15.9 Å². The molecule has 2 unspecified atom stereocenters. The Morgan fingerprint density at radius 2 is 2.22 bits per heavy atom. The van der Waals surface area contributed by atoms with Crippen LogP contribution in [0.3, 0.4) is 0 Å². The summed E-state index contributed by atoms with van der Waals surface area (Å²) < 4.78 is 27.1. The Hall–Kier alpha value is -1.34. The SMILES string of the molecule is CC(NC(=O)C(N)CCS(C)(=O)=O)c1ccco1. The molecule has 0 aromatic carbocycles. The zero-order valence-corrected chi connectivity index (χ0v) is 11.2. The molecule has 0 spiro atoms. The first-order chi connectivity index (χ1) is 8.29. The lowest BCUT2D eigenvalue weighted by atomic mass is 10.2. The fourth-order valence-electron chi connectivity index (χ4n) is 1.40. The molecule has 0 fully saturated rings. The molecule has 1 amide bonds. The van der Waals surface area contributed by atoms with Crippen LogP contribution < -0.4 is 11.1 Å². The number of nitrogens with one attached hydrogen (secondary N) is 1. The van der Waals surface area contributed by atoms with Gasteiger partial charge in [-0.05, 0) is 25.5 Å². The van der Waals surface area contributed by atoms with Gasteiger partial charge in [0.25, 0.3) is 0 Å². The predicted molar refractivity (Wildman–Crippen MR) is 67.6 cm³/mol. The fraction of sp³-hybridized carbons (Fsp3) is 0.545. The van der Waals surface area contributed by atoms with Crippen molar-refractivity contribution in [2.24, 2.45) is 5.73 Å². The summed E-state index contributed by atoms with van der Waals surface area (Å²) in [6, 6.07) is 2.34. The van der Waals surface area contributed by atoms with Crippen LogP contribution in [-0.2, 0) is 14.6 Å². The van der Waals surface area contributed by atoms with Crippen molar-refractivity contribution in [2.75, 3.05) is 12.0 Å². The first-order valence-corrected chi connectivity index (χ1v) is 7.63. The zero-order valence-electron chi connectivity index (χ0n) is 10.4. The summed E-state index contributed by atoms with van der Waals surface area (Å²) in [6.45, 7) is 1.76. The standard InChI is InChI=1S/C11H18N2O4S/c1-8(10-4-3-6-17-10)13-11(14)9(12)5-7-18(2,15)16/h3-4,6,8-9H,5,7,12H2,1-2H3,(H,13,14). The van der Waals surface area contributed by atoms with Gasteiger partial charge in [0.2, 0.25) is 5.91 Å². The number of carbonyl (C=O) groups excluding carboxylic acids is 1. The van der Waals surface area contributed by atoms with Crippen LogP contribution in [0.2, 0.25) is 0 Å². The van der Waals surface area contributed by atoms with E-state index in [1.807, 2.05) is 0 Å². The first kappa shape index (κ1) is 14.7. The summed E-state index contributed by atoms with van der Waals surface area (Å²) >= 11 is 0. The molecule has 0 saturated heterocycles. The molecule has 18 heavy (non-hydrogen) atoms. The second kappa shape index (κ2) is 6.01. The molecule has 7 heteroatoms.